The Hall–Kier alpha value is 0.210. The molecule has 0 radical (unpaired) electrons. The van der Waals surface area contributed by atoms with E-state index in [1.807, 2.05) is 0 Å². The molecule has 0 bridgehead atoms. The third-order valence-electron chi connectivity index (χ3n) is 1.97. The topological polar surface area (TPSA) is 15.8 Å². The quantitative estimate of drug-likeness (QED) is 0.465. The molecule has 0 aromatic rings. The van der Waals surface area contributed by atoms with Crippen molar-refractivity contribution in [3.63, 3.8) is 0 Å². The number of hydrogen-bond donors (Lipinski definition) is 0. The van der Waals surface area contributed by atoms with Crippen molar-refractivity contribution in [2.75, 3.05) is 26.7 Å². The highest BCUT2D eigenvalue weighted by Crippen LogP contribution is 2.18. The van der Waals surface area contributed by atoms with Crippen LogP contribution in [0.25, 0.3) is 0 Å². The van der Waals surface area contributed by atoms with E-state index in [0.717, 1.165) is 26.1 Å². The van der Waals surface area contributed by atoms with Gasteiger partial charge in [-0.25, -0.2) is 0 Å². The second kappa shape index (κ2) is 4.29. The lowest BCUT2D eigenvalue weighted by molar-refractivity contribution is 0.328. The van der Waals surface area contributed by atoms with Gasteiger partial charge in [0.1, 0.15) is 0 Å². The second-order valence-electron chi connectivity index (χ2n) is 3.14. The van der Waals surface area contributed by atoms with Crippen molar-refractivity contribution in [1.82, 2.24) is 4.90 Å². The lowest BCUT2D eigenvalue weighted by atomic mass is 10.2. The minimum Gasteiger partial charge on any atom is -0.373 e. The molecule has 0 amide bonds. The molecule has 1 aliphatic heterocycles. The van der Waals surface area contributed by atoms with Crippen LogP contribution in [0.15, 0.2) is 0 Å². The highest BCUT2D eigenvalue weighted by Gasteiger charge is 2.25. The number of ether oxygens (including phenoxy) is 1. The molecule has 1 rings (SSSR count). The molecular formula is C8H16ClNO. The molecule has 0 N–H and O–H groups in total. The first-order valence-electron chi connectivity index (χ1n) is 4.16. The van der Waals surface area contributed by atoms with Gasteiger partial charge in [0.2, 0.25) is 0 Å². The highest BCUT2D eigenvalue weighted by molar-refractivity contribution is 6.20. The van der Waals surface area contributed by atoms with E-state index in [4.69, 9.17) is 16.3 Å². The molecule has 3 heteroatoms. The summed E-state index contributed by atoms with van der Waals surface area (Å²) in [5.74, 6) is 0. The Kier molecular flexibility index (Phi) is 3.63. The molecule has 0 saturated carbocycles. The molecule has 0 spiro atoms. The molecule has 66 valence electrons. The predicted octanol–water partition coefficient (Wildman–Crippen LogP) is 1.33. The third-order valence-corrected chi connectivity index (χ3v) is 2.29. The zero-order valence-electron chi connectivity index (χ0n) is 7.22. The Balaban J connectivity index is 2.03. The van der Waals surface area contributed by atoms with Crippen LogP contribution >= 0.6 is 11.6 Å². The summed E-state index contributed by atoms with van der Waals surface area (Å²) < 4.78 is 5.09. The van der Waals surface area contributed by atoms with Crippen LogP contribution in [0, 0.1) is 0 Å². The standard InChI is InChI=1S/C8H16ClNO/c1-3-10(2)5-7(9)4-8-6-11-8/h7-8H,3-6H2,1-2H3. The van der Waals surface area contributed by atoms with E-state index in [1.54, 1.807) is 0 Å². The van der Waals surface area contributed by atoms with Crippen LogP contribution in [0.3, 0.4) is 0 Å². The first kappa shape index (κ1) is 9.30. The van der Waals surface area contributed by atoms with Gasteiger partial charge in [-0.2, -0.15) is 0 Å². The summed E-state index contributed by atoms with van der Waals surface area (Å²) in [7, 11) is 2.09. The first-order chi connectivity index (χ1) is 5.22. The van der Waals surface area contributed by atoms with E-state index < -0.39 is 0 Å². The van der Waals surface area contributed by atoms with Crippen molar-refractivity contribution in [2.45, 2.75) is 24.8 Å². The molecular weight excluding hydrogens is 162 g/mol. The largest absolute Gasteiger partial charge is 0.373 e. The lowest BCUT2D eigenvalue weighted by Gasteiger charge is -2.16. The van der Waals surface area contributed by atoms with Gasteiger partial charge >= 0.3 is 0 Å². The SMILES string of the molecule is CCN(C)CC(Cl)CC1CO1. The summed E-state index contributed by atoms with van der Waals surface area (Å²) in [6, 6.07) is 0. The highest BCUT2D eigenvalue weighted by atomic mass is 35.5. The number of epoxide rings is 1. The molecule has 1 heterocycles. The normalized spacial score (nSPS) is 25.6. The van der Waals surface area contributed by atoms with Gasteiger partial charge in [-0.1, -0.05) is 6.92 Å². The maximum Gasteiger partial charge on any atom is 0.0824 e. The van der Waals surface area contributed by atoms with E-state index in [-0.39, 0.29) is 5.38 Å². The average molecular weight is 178 g/mol. The predicted molar refractivity (Wildman–Crippen MR) is 47.2 cm³/mol. The number of rotatable bonds is 5. The summed E-state index contributed by atoms with van der Waals surface area (Å²) >= 11 is 6.07. The maximum atomic E-state index is 6.07. The zero-order valence-corrected chi connectivity index (χ0v) is 7.97. The minimum absolute atomic E-state index is 0.257. The molecule has 11 heavy (non-hydrogen) atoms. The second-order valence-corrected chi connectivity index (χ2v) is 3.76. The van der Waals surface area contributed by atoms with Crippen LogP contribution < -0.4 is 0 Å². The third kappa shape index (κ3) is 3.94. The van der Waals surface area contributed by atoms with Crippen LogP contribution in [-0.4, -0.2) is 43.1 Å². The smallest absolute Gasteiger partial charge is 0.0824 e. The Labute approximate surface area is 73.5 Å². The van der Waals surface area contributed by atoms with Gasteiger partial charge in [0.25, 0.3) is 0 Å². The fraction of sp³-hybridized carbons (Fsp3) is 1.00. The number of hydrogen-bond acceptors (Lipinski definition) is 2. The fourth-order valence-electron chi connectivity index (χ4n) is 1.03. The zero-order chi connectivity index (χ0) is 8.27. The summed E-state index contributed by atoms with van der Waals surface area (Å²) in [6.45, 7) is 5.09. The minimum atomic E-state index is 0.257. The summed E-state index contributed by atoms with van der Waals surface area (Å²) in [5, 5.41) is 0.257. The van der Waals surface area contributed by atoms with Crippen molar-refractivity contribution in [3.8, 4) is 0 Å². The summed E-state index contributed by atoms with van der Waals surface area (Å²) in [6.07, 6.45) is 1.47. The van der Waals surface area contributed by atoms with Crippen LogP contribution in [0.1, 0.15) is 13.3 Å². The molecule has 0 aliphatic carbocycles. The van der Waals surface area contributed by atoms with E-state index in [2.05, 4.69) is 18.9 Å². The Bertz CT molecular complexity index is 117. The van der Waals surface area contributed by atoms with Crippen LogP contribution in [0.2, 0.25) is 0 Å². The van der Waals surface area contributed by atoms with Crippen molar-refractivity contribution >= 4 is 11.6 Å². The Morgan fingerprint density at radius 2 is 2.36 bits per heavy atom. The Morgan fingerprint density at radius 3 is 2.82 bits per heavy atom. The Morgan fingerprint density at radius 1 is 1.73 bits per heavy atom. The molecule has 1 saturated heterocycles. The van der Waals surface area contributed by atoms with Gasteiger partial charge < -0.3 is 9.64 Å². The number of nitrogens with zero attached hydrogens (tertiary/aromatic N) is 1. The number of halogens is 1. The molecule has 0 aromatic heterocycles. The molecule has 2 atom stereocenters. The molecule has 1 fully saturated rings. The van der Waals surface area contributed by atoms with Crippen molar-refractivity contribution < 1.29 is 4.74 Å². The van der Waals surface area contributed by atoms with Crippen LogP contribution in [0.5, 0.6) is 0 Å². The molecule has 0 aromatic carbocycles. The van der Waals surface area contributed by atoms with Crippen molar-refractivity contribution in [1.29, 1.82) is 0 Å². The first-order valence-corrected chi connectivity index (χ1v) is 4.60. The molecule has 2 unspecified atom stereocenters. The van der Waals surface area contributed by atoms with Gasteiger partial charge in [0.15, 0.2) is 0 Å². The van der Waals surface area contributed by atoms with Crippen LogP contribution in [0.4, 0.5) is 0 Å². The van der Waals surface area contributed by atoms with Gasteiger partial charge in [0, 0.05) is 11.9 Å². The van der Waals surface area contributed by atoms with E-state index in [1.165, 1.54) is 0 Å². The van der Waals surface area contributed by atoms with Crippen molar-refractivity contribution in [3.05, 3.63) is 0 Å². The fourth-order valence-corrected chi connectivity index (χ4v) is 1.47. The lowest BCUT2D eigenvalue weighted by Crippen LogP contribution is -2.26. The van der Waals surface area contributed by atoms with Gasteiger partial charge in [-0.15, -0.1) is 11.6 Å². The summed E-state index contributed by atoms with van der Waals surface area (Å²) in [5.41, 5.74) is 0. The van der Waals surface area contributed by atoms with Crippen molar-refractivity contribution in [2.24, 2.45) is 0 Å². The average Bonchev–Trinajstić information content (AvgIpc) is 2.71. The van der Waals surface area contributed by atoms with E-state index in [9.17, 15) is 0 Å². The molecule has 2 nitrogen and oxygen atoms in total. The van der Waals surface area contributed by atoms with Crippen LogP contribution in [-0.2, 0) is 4.74 Å². The monoisotopic (exact) mass is 177 g/mol. The van der Waals surface area contributed by atoms with Gasteiger partial charge in [0.05, 0.1) is 12.7 Å². The van der Waals surface area contributed by atoms with Gasteiger partial charge in [-0.05, 0) is 20.0 Å². The number of alkyl halides is 1. The molecule has 1 aliphatic rings. The maximum absolute atomic E-state index is 6.07. The summed E-state index contributed by atoms with van der Waals surface area (Å²) in [4.78, 5) is 2.22. The van der Waals surface area contributed by atoms with E-state index >= 15 is 0 Å². The van der Waals surface area contributed by atoms with Gasteiger partial charge in [-0.3, -0.25) is 0 Å². The van der Waals surface area contributed by atoms with E-state index in [0.29, 0.717) is 6.10 Å².